The van der Waals surface area contributed by atoms with Crippen LogP contribution in [0, 0.1) is 11.6 Å². The zero-order valence-corrected chi connectivity index (χ0v) is 17.4. The van der Waals surface area contributed by atoms with E-state index in [-0.39, 0.29) is 18.3 Å². The number of ether oxygens (including phenoxy) is 1. The van der Waals surface area contributed by atoms with Crippen molar-refractivity contribution >= 4 is 6.03 Å². The Balaban J connectivity index is 1.54. The number of rotatable bonds is 10. The number of amides is 2. The molecule has 0 saturated heterocycles. The summed E-state index contributed by atoms with van der Waals surface area (Å²) in [5, 5.41) is 6.97. The molecular formula is C23H26F2N4O2. The summed E-state index contributed by atoms with van der Waals surface area (Å²) in [7, 11) is 1.60. The van der Waals surface area contributed by atoms with Crippen LogP contribution in [0.25, 0.3) is 5.69 Å². The van der Waals surface area contributed by atoms with E-state index in [1.165, 1.54) is 28.6 Å². The van der Waals surface area contributed by atoms with Crippen molar-refractivity contribution in [1.82, 2.24) is 20.0 Å². The van der Waals surface area contributed by atoms with Gasteiger partial charge in [-0.15, -0.1) is 0 Å². The van der Waals surface area contributed by atoms with Gasteiger partial charge in [0, 0.05) is 44.6 Å². The molecule has 1 aromatic heterocycles. The Hall–Kier alpha value is -3.26. The number of aromatic nitrogens is 2. The number of methoxy groups -OCH3 is 1. The zero-order valence-electron chi connectivity index (χ0n) is 17.4. The maximum atomic E-state index is 13.9. The van der Waals surface area contributed by atoms with Crippen LogP contribution in [0.4, 0.5) is 13.6 Å². The number of carbonyl (C=O) groups excluding carboxylic acids is 1. The van der Waals surface area contributed by atoms with Crippen molar-refractivity contribution in [2.24, 2.45) is 0 Å². The average molecular weight is 428 g/mol. The Labute approximate surface area is 180 Å². The highest BCUT2D eigenvalue weighted by Gasteiger charge is 2.14. The highest BCUT2D eigenvalue weighted by atomic mass is 19.1. The standard InChI is InChI=1S/C23H26F2N4O2/c1-31-13-12-28(11-5-8-18-6-3-2-4-7-18)23(30)26-15-19-16-27-29(17-19)22-10-9-20(24)14-21(22)25/h2-4,6-7,9-10,14,16-17H,5,8,11-13,15H2,1H3,(H,26,30). The van der Waals surface area contributed by atoms with Crippen LogP contribution in [-0.2, 0) is 17.7 Å². The molecule has 0 fully saturated rings. The average Bonchev–Trinajstić information content (AvgIpc) is 3.24. The van der Waals surface area contributed by atoms with Gasteiger partial charge in [-0.1, -0.05) is 30.3 Å². The number of nitrogens with zero attached hydrogens (tertiary/aromatic N) is 3. The zero-order chi connectivity index (χ0) is 22.1. The predicted octanol–water partition coefficient (Wildman–Crippen LogP) is 3.94. The summed E-state index contributed by atoms with van der Waals surface area (Å²) in [4.78, 5) is 14.4. The van der Waals surface area contributed by atoms with Gasteiger partial charge in [0.25, 0.3) is 0 Å². The molecule has 0 spiro atoms. The monoisotopic (exact) mass is 428 g/mol. The lowest BCUT2D eigenvalue weighted by Gasteiger charge is -2.22. The summed E-state index contributed by atoms with van der Waals surface area (Å²) in [6.45, 7) is 1.77. The molecule has 0 aliphatic heterocycles. The first-order valence-corrected chi connectivity index (χ1v) is 10.1. The summed E-state index contributed by atoms with van der Waals surface area (Å²) in [5.41, 5.74) is 2.07. The van der Waals surface area contributed by atoms with Gasteiger partial charge in [-0.3, -0.25) is 0 Å². The lowest BCUT2D eigenvalue weighted by Crippen LogP contribution is -2.42. The summed E-state index contributed by atoms with van der Waals surface area (Å²) in [6.07, 6.45) is 4.86. The fraction of sp³-hybridized carbons (Fsp3) is 0.304. The maximum absolute atomic E-state index is 13.9. The molecule has 0 bridgehead atoms. The second kappa shape index (κ2) is 11.2. The number of benzene rings is 2. The van der Waals surface area contributed by atoms with Gasteiger partial charge in [0.15, 0.2) is 5.82 Å². The third-order valence-electron chi connectivity index (χ3n) is 4.83. The van der Waals surface area contributed by atoms with E-state index < -0.39 is 11.6 Å². The van der Waals surface area contributed by atoms with Crippen molar-refractivity contribution < 1.29 is 18.3 Å². The van der Waals surface area contributed by atoms with Crippen molar-refractivity contribution in [2.45, 2.75) is 19.4 Å². The minimum atomic E-state index is -0.706. The normalized spacial score (nSPS) is 10.8. The highest BCUT2D eigenvalue weighted by molar-refractivity contribution is 5.74. The smallest absolute Gasteiger partial charge is 0.317 e. The minimum absolute atomic E-state index is 0.140. The molecule has 0 atom stereocenters. The Morgan fingerprint density at radius 2 is 1.94 bits per heavy atom. The molecule has 6 nitrogen and oxygen atoms in total. The molecule has 8 heteroatoms. The van der Waals surface area contributed by atoms with Crippen LogP contribution in [0.1, 0.15) is 17.5 Å². The van der Waals surface area contributed by atoms with Crippen molar-refractivity contribution in [1.29, 1.82) is 0 Å². The second-order valence-corrected chi connectivity index (χ2v) is 7.12. The first-order valence-electron chi connectivity index (χ1n) is 10.1. The van der Waals surface area contributed by atoms with E-state index in [1.54, 1.807) is 18.2 Å². The van der Waals surface area contributed by atoms with Gasteiger partial charge in [-0.2, -0.15) is 5.10 Å². The van der Waals surface area contributed by atoms with Gasteiger partial charge in [0.05, 0.1) is 12.8 Å². The highest BCUT2D eigenvalue weighted by Crippen LogP contribution is 2.14. The van der Waals surface area contributed by atoms with Crippen LogP contribution in [0.5, 0.6) is 0 Å². The Bertz CT molecular complexity index is 979. The van der Waals surface area contributed by atoms with E-state index in [4.69, 9.17) is 4.74 Å². The van der Waals surface area contributed by atoms with Gasteiger partial charge in [0.1, 0.15) is 11.5 Å². The third-order valence-corrected chi connectivity index (χ3v) is 4.83. The topological polar surface area (TPSA) is 59.4 Å². The molecule has 2 aromatic carbocycles. The molecular weight excluding hydrogens is 402 g/mol. The van der Waals surface area contributed by atoms with E-state index in [0.29, 0.717) is 25.3 Å². The Morgan fingerprint density at radius 3 is 2.68 bits per heavy atom. The van der Waals surface area contributed by atoms with Crippen LogP contribution < -0.4 is 5.32 Å². The lowest BCUT2D eigenvalue weighted by atomic mass is 10.1. The quantitative estimate of drug-likeness (QED) is 0.532. The number of hydrogen-bond donors (Lipinski definition) is 1. The van der Waals surface area contributed by atoms with Gasteiger partial charge < -0.3 is 15.0 Å². The lowest BCUT2D eigenvalue weighted by molar-refractivity contribution is 0.148. The van der Waals surface area contributed by atoms with Crippen LogP contribution in [0.3, 0.4) is 0 Å². The van der Waals surface area contributed by atoms with Crippen molar-refractivity contribution in [3.05, 3.63) is 83.7 Å². The molecule has 0 radical (unpaired) electrons. The van der Waals surface area contributed by atoms with E-state index in [1.807, 2.05) is 18.2 Å². The summed E-state index contributed by atoms with van der Waals surface area (Å²) < 4.78 is 33.5. The number of aryl methyl sites for hydroxylation is 1. The van der Waals surface area contributed by atoms with E-state index in [9.17, 15) is 13.6 Å². The molecule has 0 aliphatic carbocycles. The molecule has 1 heterocycles. The van der Waals surface area contributed by atoms with Gasteiger partial charge in [-0.05, 0) is 30.5 Å². The summed E-state index contributed by atoms with van der Waals surface area (Å²) >= 11 is 0. The fourth-order valence-electron chi connectivity index (χ4n) is 3.17. The van der Waals surface area contributed by atoms with Crippen molar-refractivity contribution in [3.8, 4) is 5.69 Å². The predicted molar refractivity (Wildman–Crippen MR) is 114 cm³/mol. The molecule has 164 valence electrons. The second-order valence-electron chi connectivity index (χ2n) is 7.12. The van der Waals surface area contributed by atoms with Crippen LogP contribution >= 0.6 is 0 Å². The van der Waals surface area contributed by atoms with Crippen molar-refractivity contribution in [3.63, 3.8) is 0 Å². The van der Waals surface area contributed by atoms with Gasteiger partial charge >= 0.3 is 6.03 Å². The minimum Gasteiger partial charge on any atom is -0.383 e. The number of nitrogens with one attached hydrogen (secondary N) is 1. The first-order chi connectivity index (χ1) is 15.1. The van der Waals surface area contributed by atoms with Gasteiger partial charge in [0.2, 0.25) is 0 Å². The van der Waals surface area contributed by atoms with Crippen LogP contribution in [0.2, 0.25) is 0 Å². The van der Waals surface area contributed by atoms with Gasteiger partial charge in [-0.25, -0.2) is 18.3 Å². The van der Waals surface area contributed by atoms with Crippen molar-refractivity contribution in [2.75, 3.05) is 26.8 Å². The summed E-state index contributed by atoms with van der Waals surface area (Å²) in [6, 6.07) is 13.2. The molecule has 2 amide bonds. The molecule has 0 unspecified atom stereocenters. The number of halogens is 2. The number of urea groups is 1. The van der Waals surface area contributed by atoms with Crippen LogP contribution in [0.15, 0.2) is 60.9 Å². The fourth-order valence-corrected chi connectivity index (χ4v) is 3.17. The summed E-state index contributed by atoms with van der Waals surface area (Å²) in [5.74, 6) is -1.35. The molecule has 3 rings (SSSR count). The maximum Gasteiger partial charge on any atom is 0.317 e. The molecule has 3 aromatic rings. The molecule has 0 saturated carbocycles. The molecule has 1 N–H and O–H groups in total. The van der Waals surface area contributed by atoms with E-state index in [2.05, 4.69) is 22.5 Å². The van der Waals surface area contributed by atoms with Crippen LogP contribution in [-0.4, -0.2) is 47.5 Å². The number of carbonyl (C=O) groups is 1. The Morgan fingerprint density at radius 1 is 1.13 bits per heavy atom. The number of hydrogen-bond acceptors (Lipinski definition) is 3. The van der Waals surface area contributed by atoms with E-state index in [0.717, 1.165) is 18.9 Å². The SMILES string of the molecule is COCCN(CCCc1ccccc1)C(=O)NCc1cnn(-c2ccc(F)cc2F)c1. The largest absolute Gasteiger partial charge is 0.383 e. The first kappa shape index (κ1) is 22.4. The third kappa shape index (κ3) is 6.62. The Kier molecular flexibility index (Phi) is 8.12. The van der Waals surface area contributed by atoms with E-state index >= 15 is 0 Å². The molecule has 31 heavy (non-hydrogen) atoms. The molecule has 0 aliphatic rings.